The van der Waals surface area contributed by atoms with Gasteiger partial charge in [-0.3, -0.25) is 4.79 Å². The van der Waals surface area contributed by atoms with Crippen molar-refractivity contribution in [1.29, 1.82) is 0 Å². The van der Waals surface area contributed by atoms with Crippen LogP contribution in [0.4, 0.5) is 8.78 Å². The van der Waals surface area contributed by atoms with Crippen LogP contribution in [0.5, 0.6) is 0 Å². The van der Waals surface area contributed by atoms with Crippen LogP contribution in [-0.2, 0) is 0 Å². The number of aromatic carboxylic acids is 1. The van der Waals surface area contributed by atoms with Crippen LogP contribution >= 0.6 is 0 Å². The minimum atomic E-state index is -1.25. The number of carboxylic acid groups (broad SMARTS) is 1. The van der Waals surface area contributed by atoms with Gasteiger partial charge in [-0.15, -0.1) is 0 Å². The van der Waals surface area contributed by atoms with Crippen molar-refractivity contribution in [3.05, 3.63) is 59.2 Å². The first-order chi connectivity index (χ1) is 10.4. The van der Waals surface area contributed by atoms with E-state index in [1.54, 1.807) is 6.92 Å². The zero-order chi connectivity index (χ0) is 16.3. The molecule has 0 radical (unpaired) electrons. The van der Waals surface area contributed by atoms with Crippen LogP contribution in [0.25, 0.3) is 11.1 Å². The fourth-order valence-electron chi connectivity index (χ4n) is 2.06. The molecule has 6 heteroatoms. The summed E-state index contributed by atoms with van der Waals surface area (Å²) < 4.78 is 27.4. The first kappa shape index (κ1) is 15.6. The van der Waals surface area contributed by atoms with E-state index in [0.717, 1.165) is 24.3 Å². The zero-order valence-corrected chi connectivity index (χ0v) is 11.7. The van der Waals surface area contributed by atoms with Gasteiger partial charge in [-0.1, -0.05) is 6.07 Å². The van der Waals surface area contributed by atoms with E-state index in [4.69, 9.17) is 5.11 Å². The molecule has 2 rings (SSSR count). The standard InChI is InChI=1S/C16H13F2NO3/c1-2-19-15(20)12-5-3-9(7-14(12)18)13-8-10(17)4-6-11(13)16(21)22/h3-8H,2H2,1H3,(H,19,20)(H,21,22). The summed E-state index contributed by atoms with van der Waals surface area (Å²) in [7, 11) is 0. The molecular weight excluding hydrogens is 292 g/mol. The van der Waals surface area contributed by atoms with Crippen LogP contribution < -0.4 is 5.32 Å². The van der Waals surface area contributed by atoms with Crippen LogP contribution in [0, 0.1) is 11.6 Å². The van der Waals surface area contributed by atoms with Crippen molar-refractivity contribution >= 4 is 11.9 Å². The lowest BCUT2D eigenvalue weighted by atomic mass is 9.98. The lowest BCUT2D eigenvalue weighted by Crippen LogP contribution is -2.23. The molecule has 0 unspecified atom stereocenters. The molecule has 0 aliphatic carbocycles. The number of halogens is 2. The number of carboxylic acids is 1. The quantitative estimate of drug-likeness (QED) is 0.912. The average Bonchev–Trinajstić information content (AvgIpc) is 2.46. The maximum absolute atomic E-state index is 14.0. The number of carbonyl (C=O) groups is 2. The second-order valence-corrected chi connectivity index (χ2v) is 4.55. The van der Waals surface area contributed by atoms with Gasteiger partial charge in [-0.25, -0.2) is 13.6 Å². The molecule has 4 nitrogen and oxygen atoms in total. The Morgan fingerprint density at radius 2 is 1.77 bits per heavy atom. The van der Waals surface area contributed by atoms with Gasteiger partial charge in [0, 0.05) is 6.54 Å². The van der Waals surface area contributed by atoms with Gasteiger partial charge < -0.3 is 10.4 Å². The van der Waals surface area contributed by atoms with Crippen LogP contribution in [-0.4, -0.2) is 23.5 Å². The summed E-state index contributed by atoms with van der Waals surface area (Å²) in [4.78, 5) is 22.8. The number of hydrogen-bond donors (Lipinski definition) is 2. The highest BCUT2D eigenvalue weighted by Crippen LogP contribution is 2.26. The highest BCUT2D eigenvalue weighted by molar-refractivity contribution is 5.97. The van der Waals surface area contributed by atoms with E-state index in [-0.39, 0.29) is 22.3 Å². The van der Waals surface area contributed by atoms with Gasteiger partial charge in [0.05, 0.1) is 11.1 Å². The minimum absolute atomic E-state index is 0.0499. The van der Waals surface area contributed by atoms with Crippen LogP contribution in [0.15, 0.2) is 36.4 Å². The summed E-state index contributed by atoms with van der Waals surface area (Å²) >= 11 is 0. The summed E-state index contributed by atoms with van der Waals surface area (Å²) in [5.74, 6) is -3.25. The predicted molar refractivity (Wildman–Crippen MR) is 76.8 cm³/mol. The molecule has 2 aromatic carbocycles. The summed E-state index contributed by atoms with van der Waals surface area (Å²) in [6.07, 6.45) is 0. The van der Waals surface area contributed by atoms with Gasteiger partial charge in [0.15, 0.2) is 0 Å². The average molecular weight is 305 g/mol. The van der Waals surface area contributed by atoms with Crippen LogP contribution in [0.2, 0.25) is 0 Å². The molecule has 1 amide bonds. The summed E-state index contributed by atoms with van der Waals surface area (Å²) in [6.45, 7) is 2.06. The first-order valence-electron chi connectivity index (χ1n) is 6.55. The third-order valence-electron chi connectivity index (χ3n) is 3.07. The number of nitrogens with one attached hydrogen (secondary N) is 1. The molecule has 0 fully saturated rings. The van der Waals surface area contributed by atoms with Crippen molar-refractivity contribution in [1.82, 2.24) is 5.32 Å². The first-order valence-corrected chi connectivity index (χ1v) is 6.55. The second kappa shape index (κ2) is 6.34. The summed E-state index contributed by atoms with van der Waals surface area (Å²) in [6, 6.07) is 6.80. The third kappa shape index (κ3) is 3.11. The van der Waals surface area contributed by atoms with E-state index >= 15 is 0 Å². The topological polar surface area (TPSA) is 66.4 Å². The van der Waals surface area contributed by atoms with Crippen LogP contribution in [0.3, 0.4) is 0 Å². The van der Waals surface area contributed by atoms with Gasteiger partial charge >= 0.3 is 5.97 Å². The molecule has 2 N–H and O–H groups in total. The molecule has 0 aliphatic rings. The number of amides is 1. The molecule has 114 valence electrons. The van der Waals surface area contributed by atoms with E-state index in [1.807, 2.05) is 0 Å². The van der Waals surface area contributed by atoms with E-state index in [0.29, 0.717) is 6.54 Å². The summed E-state index contributed by atoms with van der Waals surface area (Å²) in [5, 5.41) is 11.6. The molecule has 0 atom stereocenters. The number of rotatable bonds is 4. The van der Waals surface area contributed by atoms with Gasteiger partial charge in [0.1, 0.15) is 11.6 Å². The Kier molecular flexibility index (Phi) is 4.50. The van der Waals surface area contributed by atoms with Gasteiger partial charge in [0.2, 0.25) is 0 Å². The Bertz CT molecular complexity index is 744. The lowest BCUT2D eigenvalue weighted by Gasteiger charge is -2.09. The van der Waals surface area contributed by atoms with E-state index in [1.165, 1.54) is 12.1 Å². The van der Waals surface area contributed by atoms with E-state index in [2.05, 4.69) is 5.32 Å². The molecule has 0 saturated heterocycles. The van der Waals surface area contributed by atoms with Crippen LogP contribution in [0.1, 0.15) is 27.6 Å². The van der Waals surface area contributed by atoms with Crippen molar-refractivity contribution in [3.8, 4) is 11.1 Å². The predicted octanol–water partition coefficient (Wildman–Crippen LogP) is 3.08. The normalized spacial score (nSPS) is 10.3. The smallest absolute Gasteiger partial charge is 0.336 e. The fraction of sp³-hybridized carbons (Fsp3) is 0.125. The SMILES string of the molecule is CCNC(=O)c1ccc(-c2cc(F)ccc2C(=O)O)cc1F. The monoisotopic (exact) mass is 305 g/mol. The zero-order valence-electron chi connectivity index (χ0n) is 11.7. The minimum Gasteiger partial charge on any atom is -0.478 e. The number of carbonyl (C=O) groups excluding carboxylic acids is 1. The van der Waals surface area contributed by atoms with E-state index < -0.39 is 23.5 Å². The highest BCUT2D eigenvalue weighted by atomic mass is 19.1. The molecule has 2 aromatic rings. The third-order valence-corrected chi connectivity index (χ3v) is 3.07. The Hall–Kier alpha value is -2.76. The Labute approximate surface area is 125 Å². The van der Waals surface area contributed by atoms with Crippen molar-refractivity contribution < 1.29 is 23.5 Å². The van der Waals surface area contributed by atoms with Crippen molar-refractivity contribution in [2.75, 3.05) is 6.54 Å². The molecule has 0 aromatic heterocycles. The molecule has 0 heterocycles. The van der Waals surface area contributed by atoms with E-state index in [9.17, 15) is 18.4 Å². The highest BCUT2D eigenvalue weighted by Gasteiger charge is 2.16. The van der Waals surface area contributed by atoms with Gasteiger partial charge in [0.25, 0.3) is 5.91 Å². The lowest BCUT2D eigenvalue weighted by molar-refractivity contribution is 0.0697. The Morgan fingerprint density at radius 1 is 1.09 bits per heavy atom. The molecule has 0 spiro atoms. The summed E-state index contributed by atoms with van der Waals surface area (Å²) in [5.41, 5.74) is -0.0678. The maximum atomic E-state index is 14.0. The molecule has 22 heavy (non-hydrogen) atoms. The maximum Gasteiger partial charge on any atom is 0.336 e. The second-order valence-electron chi connectivity index (χ2n) is 4.55. The van der Waals surface area contributed by atoms with Crippen molar-refractivity contribution in [3.63, 3.8) is 0 Å². The fourth-order valence-corrected chi connectivity index (χ4v) is 2.06. The molecule has 0 bridgehead atoms. The Morgan fingerprint density at radius 3 is 2.36 bits per heavy atom. The van der Waals surface area contributed by atoms with Gasteiger partial charge in [-0.2, -0.15) is 0 Å². The van der Waals surface area contributed by atoms with Gasteiger partial charge in [-0.05, 0) is 48.4 Å². The Balaban J connectivity index is 2.51. The van der Waals surface area contributed by atoms with Crippen molar-refractivity contribution in [2.24, 2.45) is 0 Å². The number of hydrogen-bond acceptors (Lipinski definition) is 2. The molecule has 0 aliphatic heterocycles. The molecular formula is C16H13F2NO3. The number of benzene rings is 2. The van der Waals surface area contributed by atoms with Crippen molar-refractivity contribution in [2.45, 2.75) is 6.92 Å². The molecule has 0 saturated carbocycles. The largest absolute Gasteiger partial charge is 0.478 e.